The number of aliphatic hydroxyl groups is 1. The molecule has 0 aromatic heterocycles. The zero-order chi connectivity index (χ0) is 16.1. The summed E-state index contributed by atoms with van der Waals surface area (Å²) in [6, 6.07) is 10.3. The van der Waals surface area contributed by atoms with Gasteiger partial charge in [0, 0.05) is 6.54 Å². The summed E-state index contributed by atoms with van der Waals surface area (Å²) in [6.45, 7) is 0.0518. The topological polar surface area (TPSA) is 128 Å². The molecule has 7 heteroatoms. The van der Waals surface area contributed by atoms with Crippen molar-refractivity contribution >= 4 is 17.3 Å². The molecule has 0 saturated carbocycles. The monoisotopic (exact) mass is 301 g/mol. The SMILES string of the molecule is NCC(O)c1ccc(N=Nc2ccc(C(=O)O)cc2)c(O)c1. The van der Waals surface area contributed by atoms with Crippen molar-refractivity contribution < 1.29 is 20.1 Å². The van der Waals surface area contributed by atoms with Crippen LogP contribution in [-0.2, 0) is 0 Å². The van der Waals surface area contributed by atoms with E-state index in [0.717, 1.165) is 0 Å². The van der Waals surface area contributed by atoms with Gasteiger partial charge in [0.05, 0.1) is 17.4 Å². The number of azo groups is 1. The van der Waals surface area contributed by atoms with E-state index in [1.807, 2.05) is 0 Å². The fourth-order valence-electron chi connectivity index (χ4n) is 1.75. The maximum Gasteiger partial charge on any atom is 0.335 e. The number of phenols is 1. The number of rotatable bonds is 5. The molecule has 0 radical (unpaired) electrons. The summed E-state index contributed by atoms with van der Waals surface area (Å²) in [4.78, 5) is 10.7. The highest BCUT2D eigenvalue weighted by molar-refractivity contribution is 5.87. The van der Waals surface area contributed by atoms with Crippen molar-refractivity contribution in [1.29, 1.82) is 0 Å². The first-order valence-corrected chi connectivity index (χ1v) is 6.47. The molecule has 1 atom stereocenters. The number of carboxylic acids is 1. The lowest BCUT2D eigenvalue weighted by Crippen LogP contribution is -2.11. The Balaban J connectivity index is 2.17. The van der Waals surface area contributed by atoms with Gasteiger partial charge in [0.2, 0.25) is 0 Å². The molecule has 0 spiro atoms. The van der Waals surface area contributed by atoms with E-state index in [1.54, 1.807) is 6.07 Å². The normalized spacial score (nSPS) is 12.5. The van der Waals surface area contributed by atoms with E-state index in [-0.39, 0.29) is 23.5 Å². The minimum atomic E-state index is -1.02. The second kappa shape index (κ2) is 6.79. The number of nitrogens with two attached hydrogens (primary N) is 1. The highest BCUT2D eigenvalue weighted by atomic mass is 16.4. The molecule has 2 rings (SSSR count). The van der Waals surface area contributed by atoms with Crippen molar-refractivity contribution in [1.82, 2.24) is 0 Å². The number of phenolic OH excluding ortho intramolecular Hbond substituents is 1. The van der Waals surface area contributed by atoms with Crippen LogP contribution in [0.15, 0.2) is 52.7 Å². The summed E-state index contributed by atoms with van der Waals surface area (Å²) in [7, 11) is 0. The summed E-state index contributed by atoms with van der Waals surface area (Å²) in [5, 5.41) is 36.0. The maximum atomic E-state index is 10.7. The lowest BCUT2D eigenvalue weighted by molar-refractivity contribution is 0.0697. The molecule has 1 unspecified atom stereocenters. The van der Waals surface area contributed by atoms with Crippen LogP contribution in [-0.4, -0.2) is 27.8 Å². The molecule has 2 aromatic carbocycles. The van der Waals surface area contributed by atoms with Gasteiger partial charge in [-0.15, -0.1) is 5.11 Å². The van der Waals surface area contributed by atoms with Crippen LogP contribution >= 0.6 is 0 Å². The van der Waals surface area contributed by atoms with Crippen molar-refractivity contribution in [2.24, 2.45) is 16.0 Å². The van der Waals surface area contributed by atoms with Crippen LogP contribution in [0.2, 0.25) is 0 Å². The molecule has 2 aromatic rings. The van der Waals surface area contributed by atoms with Gasteiger partial charge in [0.25, 0.3) is 0 Å². The van der Waals surface area contributed by atoms with Crippen molar-refractivity contribution in [3.05, 3.63) is 53.6 Å². The Bertz CT molecular complexity index is 698. The first kappa shape index (κ1) is 15.6. The number of nitrogens with zero attached hydrogens (tertiary/aromatic N) is 2. The number of carbonyl (C=O) groups is 1. The summed E-state index contributed by atoms with van der Waals surface area (Å²) in [5.41, 5.74) is 6.68. The van der Waals surface area contributed by atoms with Crippen LogP contribution < -0.4 is 5.73 Å². The average molecular weight is 301 g/mol. The molecule has 7 nitrogen and oxygen atoms in total. The minimum absolute atomic E-state index is 0.0518. The molecule has 0 bridgehead atoms. The molecule has 0 saturated heterocycles. The predicted octanol–water partition coefficient (Wildman–Crippen LogP) is 2.50. The second-order valence-electron chi connectivity index (χ2n) is 4.55. The lowest BCUT2D eigenvalue weighted by Gasteiger charge is -2.08. The van der Waals surface area contributed by atoms with E-state index in [4.69, 9.17) is 10.8 Å². The zero-order valence-electron chi connectivity index (χ0n) is 11.5. The van der Waals surface area contributed by atoms with Crippen LogP contribution in [0.5, 0.6) is 5.75 Å². The number of hydrogen-bond donors (Lipinski definition) is 4. The van der Waals surface area contributed by atoms with Gasteiger partial charge in [-0.2, -0.15) is 5.11 Å². The van der Waals surface area contributed by atoms with E-state index >= 15 is 0 Å². The average Bonchev–Trinajstić information content (AvgIpc) is 2.53. The fourth-order valence-corrected chi connectivity index (χ4v) is 1.75. The zero-order valence-corrected chi connectivity index (χ0v) is 11.5. The van der Waals surface area contributed by atoms with E-state index in [9.17, 15) is 15.0 Å². The Morgan fingerprint density at radius 2 is 1.82 bits per heavy atom. The minimum Gasteiger partial charge on any atom is -0.506 e. The molecule has 0 fully saturated rings. The Morgan fingerprint density at radius 3 is 2.36 bits per heavy atom. The number of aromatic hydroxyl groups is 1. The Labute approximate surface area is 126 Å². The van der Waals surface area contributed by atoms with E-state index < -0.39 is 12.1 Å². The highest BCUT2D eigenvalue weighted by Crippen LogP contribution is 2.30. The standard InChI is InChI=1S/C15H15N3O4/c16-8-14(20)10-3-6-12(13(19)7-10)18-17-11-4-1-9(2-5-11)15(21)22/h1-7,14,19-20H,8,16H2,(H,21,22). The largest absolute Gasteiger partial charge is 0.506 e. The molecular formula is C15H15N3O4. The molecule has 114 valence electrons. The van der Waals surface area contributed by atoms with Gasteiger partial charge < -0.3 is 21.1 Å². The molecule has 0 aliphatic rings. The Hall–Kier alpha value is -2.77. The molecule has 0 aliphatic heterocycles. The molecule has 0 aliphatic carbocycles. The third-order valence-corrected chi connectivity index (χ3v) is 2.99. The van der Waals surface area contributed by atoms with Crippen molar-refractivity contribution in [2.45, 2.75) is 6.10 Å². The molecule has 0 amide bonds. The Morgan fingerprint density at radius 1 is 1.14 bits per heavy atom. The number of carboxylic acid groups (broad SMARTS) is 1. The third-order valence-electron chi connectivity index (χ3n) is 2.99. The first-order chi connectivity index (χ1) is 10.5. The smallest absolute Gasteiger partial charge is 0.335 e. The van der Waals surface area contributed by atoms with Crippen LogP contribution in [0.25, 0.3) is 0 Å². The van der Waals surface area contributed by atoms with Gasteiger partial charge in [-0.25, -0.2) is 4.79 Å². The summed E-state index contributed by atoms with van der Waals surface area (Å²) >= 11 is 0. The summed E-state index contributed by atoms with van der Waals surface area (Å²) < 4.78 is 0. The van der Waals surface area contributed by atoms with Gasteiger partial charge >= 0.3 is 5.97 Å². The number of aliphatic hydroxyl groups excluding tert-OH is 1. The highest BCUT2D eigenvalue weighted by Gasteiger charge is 2.08. The molecule has 22 heavy (non-hydrogen) atoms. The maximum absolute atomic E-state index is 10.7. The van der Waals surface area contributed by atoms with Crippen molar-refractivity contribution in [2.75, 3.05) is 6.54 Å². The van der Waals surface area contributed by atoms with Crippen LogP contribution in [0.1, 0.15) is 22.0 Å². The van der Waals surface area contributed by atoms with Crippen LogP contribution in [0.4, 0.5) is 11.4 Å². The number of benzene rings is 2. The van der Waals surface area contributed by atoms with E-state index in [1.165, 1.54) is 36.4 Å². The molecule has 5 N–H and O–H groups in total. The molecular weight excluding hydrogens is 286 g/mol. The second-order valence-corrected chi connectivity index (χ2v) is 4.55. The lowest BCUT2D eigenvalue weighted by atomic mass is 10.1. The molecule has 0 heterocycles. The van der Waals surface area contributed by atoms with Gasteiger partial charge in [-0.1, -0.05) is 6.07 Å². The van der Waals surface area contributed by atoms with Gasteiger partial charge in [0.1, 0.15) is 11.4 Å². The third kappa shape index (κ3) is 3.66. The first-order valence-electron chi connectivity index (χ1n) is 6.47. The van der Waals surface area contributed by atoms with Gasteiger partial charge in [-0.05, 0) is 42.0 Å². The fraction of sp³-hybridized carbons (Fsp3) is 0.133. The van der Waals surface area contributed by atoms with Crippen LogP contribution in [0, 0.1) is 0 Å². The quantitative estimate of drug-likeness (QED) is 0.631. The number of hydrogen-bond acceptors (Lipinski definition) is 6. The van der Waals surface area contributed by atoms with E-state index in [2.05, 4.69) is 10.2 Å². The predicted molar refractivity (Wildman–Crippen MR) is 79.7 cm³/mol. The summed E-state index contributed by atoms with van der Waals surface area (Å²) in [5.74, 6) is -1.15. The van der Waals surface area contributed by atoms with Crippen LogP contribution in [0.3, 0.4) is 0 Å². The Kier molecular flexibility index (Phi) is 4.82. The van der Waals surface area contributed by atoms with E-state index in [0.29, 0.717) is 11.3 Å². The van der Waals surface area contributed by atoms with Gasteiger partial charge in [0.15, 0.2) is 0 Å². The number of aromatic carboxylic acids is 1. The summed E-state index contributed by atoms with van der Waals surface area (Å²) in [6.07, 6.45) is -0.847. The van der Waals surface area contributed by atoms with Gasteiger partial charge in [-0.3, -0.25) is 0 Å². The van der Waals surface area contributed by atoms with Crippen molar-refractivity contribution in [3.63, 3.8) is 0 Å². The van der Waals surface area contributed by atoms with Crippen molar-refractivity contribution in [3.8, 4) is 5.75 Å².